The minimum absolute atomic E-state index is 0.113. The van der Waals surface area contributed by atoms with E-state index < -0.39 is 141 Å². The lowest BCUT2D eigenvalue weighted by Crippen LogP contribution is -2.66. The zero-order chi connectivity index (χ0) is 53.1. The second kappa shape index (κ2) is 20.3. The van der Waals surface area contributed by atoms with Gasteiger partial charge in [-0.2, -0.15) is 0 Å². The van der Waals surface area contributed by atoms with Gasteiger partial charge in [0.1, 0.15) is 85.5 Å². The van der Waals surface area contributed by atoms with Gasteiger partial charge in [-0.15, -0.1) is 0 Å². The zero-order valence-corrected chi connectivity index (χ0v) is 43.2. The van der Waals surface area contributed by atoms with E-state index in [4.69, 9.17) is 37.9 Å². The number of hydrogen-bond donors (Lipinski definition) is 12. The Kier molecular flexibility index (Phi) is 15.6. The van der Waals surface area contributed by atoms with Crippen molar-refractivity contribution in [2.45, 2.75) is 229 Å². The van der Waals surface area contributed by atoms with Gasteiger partial charge in [-0.1, -0.05) is 60.1 Å². The predicted molar refractivity (Wildman–Crippen MR) is 251 cm³/mol. The molecule has 4 heterocycles. The van der Waals surface area contributed by atoms with Crippen LogP contribution in [0, 0.1) is 50.2 Å². The second-order valence-corrected chi connectivity index (χ2v) is 25.4. The Hall–Kier alpha value is -1.55. The van der Waals surface area contributed by atoms with Crippen molar-refractivity contribution in [3.63, 3.8) is 0 Å². The van der Waals surface area contributed by atoms with Crippen LogP contribution in [0.25, 0.3) is 0 Å². The predicted octanol–water partition coefficient (Wildman–Crippen LogP) is -0.757. The van der Waals surface area contributed by atoms with Crippen LogP contribution in [-0.4, -0.2) is 210 Å². The van der Waals surface area contributed by atoms with E-state index >= 15 is 4.79 Å². The van der Waals surface area contributed by atoms with Gasteiger partial charge in [-0.05, 0) is 109 Å². The fourth-order valence-corrected chi connectivity index (χ4v) is 15.8. The lowest BCUT2D eigenvalue weighted by atomic mass is 9.33. The maximum Gasteiger partial charge on any atom is 0.315 e. The van der Waals surface area contributed by atoms with E-state index in [1.54, 1.807) is 0 Å². The number of aliphatic hydroxyl groups is 12. The molecule has 0 spiro atoms. The van der Waals surface area contributed by atoms with Crippen LogP contribution in [0.1, 0.15) is 113 Å². The quantitative estimate of drug-likeness (QED) is 0.0727. The lowest BCUT2D eigenvalue weighted by Gasteiger charge is -2.71. The first-order valence-corrected chi connectivity index (χ1v) is 26.6. The van der Waals surface area contributed by atoms with Crippen LogP contribution in [-0.2, 0) is 42.7 Å². The molecule has 0 radical (unpaired) electrons. The van der Waals surface area contributed by atoms with Gasteiger partial charge in [-0.3, -0.25) is 4.79 Å². The number of fused-ring (bicyclic) bond motifs is 7. The number of esters is 1. The summed E-state index contributed by atoms with van der Waals surface area (Å²) in [5, 5.41) is 127. The molecule has 9 aliphatic rings. The fraction of sp³-hybridized carbons (Fsp3) is 0.942. The summed E-state index contributed by atoms with van der Waals surface area (Å²) in [6.45, 7) is 14.4. The molecule has 21 nitrogen and oxygen atoms in total. The van der Waals surface area contributed by atoms with Crippen molar-refractivity contribution in [2.24, 2.45) is 50.2 Å². The summed E-state index contributed by atoms with van der Waals surface area (Å²) >= 11 is 0. The molecule has 0 aromatic rings. The minimum atomic E-state index is -1.82. The molecule has 26 atom stereocenters. The minimum Gasteiger partial charge on any atom is -0.432 e. The van der Waals surface area contributed by atoms with E-state index in [0.717, 1.165) is 38.5 Å². The summed E-state index contributed by atoms with van der Waals surface area (Å²) in [7, 11) is 0. The second-order valence-electron chi connectivity index (χ2n) is 25.4. The molecule has 73 heavy (non-hydrogen) atoms. The molecule has 9 rings (SSSR count). The van der Waals surface area contributed by atoms with Crippen molar-refractivity contribution in [3.05, 3.63) is 11.6 Å². The molecule has 21 heteroatoms. The Morgan fingerprint density at radius 3 is 1.90 bits per heavy atom. The Labute approximate surface area is 426 Å². The SMILES string of the molecule is CC1(C)CC[C@@]2(C(=O)O[C@@H]3O[C@H](CO[C@@H]4O[C@H](CO)[C@@H](O)[C@H](O)[C@H]4O)[C@@H](O)[C@H](O)[C@H]3O)CC[C@@]3(C)C(=CC[C@H]4[C@@]5(C)CC[C@H](O[C@@H]6OC[C@@H](O)[C@H](O)[C@H]6O[C@@H]6OC[C@@H](O)[C@H](O)[C@H]6O)C(C)(C)[C@@H]5CC[C@]43C)[C@H]2C1. The summed E-state index contributed by atoms with van der Waals surface area (Å²) in [5.74, 6) is -0.311. The molecule has 0 bridgehead atoms. The standard InChI is InChI=1S/C52H84O21/c1-47(2)14-16-52(46(65)73-44-40(64)37(61)35(59)28(70-44)22-68-42-39(63)36(60)34(58)27(19-53)69-42)17-15-50(6)23(24(52)18-47)8-9-30-49(5)12-11-31(48(3,4)29(49)10-13-51(30,50)7)71-45-41(33(57)26(55)21-67-45)72-43-38(62)32(56)25(54)20-66-43/h8,24-45,53-64H,9-22H2,1-7H3/t24-,25-,26-,27-,28-,29+,30+,31+,32+,33+,34-,35-,36+,37+,38-,39-,40-,41-,42-,43+,44+,45+,49+,50+,51-,52-/m1/s1. The van der Waals surface area contributed by atoms with Crippen LogP contribution >= 0.6 is 0 Å². The summed E-state index contributed by atoms with van der Waals surface area (Å²) in [6.07, 6.45) is -18.1. The highest BCUT2D eigenvalue weighted by atomic mass is 16.8. The van der Waals surface area contributed by atoms with Gasteiger partial charge in [0.15, 0.2) is 18.9 Å². The lowest BCUT2D eigenvalue weighted by molar-refractivity contribution is -0.357. The normalized spacial score (nSPS) is 53.7. The molecule has 8 fully saturated rings. The van der Waals surface area contributed by atoms with E-state index in [-0.39, 0.29) is 58.7 Å². The van der Waals surface area contributed by atoms with Gasteiger partial charge < -0.3 is 99.2 Å². The molecule has 418 valence electrons. The van der Waals surface area contributed by atoms with Crippen LogP contribution in [0.4, 0.5) is 0 Å². The number of rotatable bonds is 10. The zero-order valence-electron chi connectivity index (χ0n) is 43.2. The third-order valence-corrected chi connectivity index (χ3v) is 20.6. The van der Waals surface area contributed by atoms with Crippen molar-refractivity contribution >= 4 is 5.97 Å². The molecule has 4 saturated carbocycles. The van der Waals surface area contributed by atoms with Crippen molar-refractivity contribution in [1.29, 1.82) is 0 Å². The first-order chi connectivity index (χ1) is 34.2. The van der Waals surface area contributed by atoms with Crippen LogP contribution in [0.15, 0.2) is 11.6 Å². The van der Waals surface area contributed by atoms with E-state index in [2.05, 4.69) is 54.5 Å². The number of aliphatic hydroxyl groups excluding tert-OH is 12. The fourth-order valence-electron chi connectivity index (χ4n) is 15.8. The Morgan fingerprint density at radius 2 is 1.22 bits per heavy atom. The monoisotopic (exact) mass is 1040 g/mol. The summed E-state index contributed by atoms with van der Waals surface area (Å²) < 4.78 is 47.5. The molecule has 0 aromatic heterocycles. The largest absolute Gasteiger partial charge is 0.432 e. The van der Waals surface area contributed by atoms with E-state index in [0.29, 0.717) is 25.7 Å². The van der Waals surface area contributed by atoms with Gasteiger partial charge in [0.05, 0.1) is 37.9 Å². The Bertz CT molecular complexity index is 2010. The highest BCUT2D eigenvalue weighted by Gasteiger charge is 2.70. The number of carbonyl (C=O) groups is 1. The molecule has 4 aliphatic heterocycles. The number of hydrogen-bond acceptors (Lipinski definition) is 21. The summed E-state index contributed by atoms with van der Waals surface area (Å²) in [5.41, 5.74) is -0.867. The first kappa shape index (κ1) is 56.2. The summed E-state index contributed by atoms with van der Waals surface area (Å²) in [4.78, 5) is 15.0. The van der Waals surface area contributed by atoms with Crippen LogP contribution in [0.3, 0.4) is 0 Å². The molecular weight excluding hydrogens is 961 g/mol. The Morgan fingerprint density at radius 1 is 0.616 bits per heavy atom. The molecule has 0 aromatic carbocycles. The van der Waals surface area contributed by atoms with Gasteiger partial charge in [0.25, 0.3) is 0 Å². The molecule has 4 saturated heterocycles. The van der Waals surface area contributed by atoms with E-state index in [1.807, 2.05) is 0 Å². The van der Waals surface area contributed by atoms with Crippen molar-refractivity contribution in [3.8, 4) is 0 Å². The maximum absolute atomic E-state index is 15.0. The first-order valence-electron chi connectivity index (χ1n) is 26.6. The smallest absolute Gasteiger partial charge is 0.315 e. The molecular formula is C52H84O21. The highest BCUT2D eigenvalue weighted by molar-refractivity contribution is 5.79. The average molecular weight is 1050 g/mol. The average Bonchev–Trinajstić information content (AvgIpc) is 3.34. The number of carbonyl (C=O) groups excluding carboxylic acids is 1. The van der Waals surface area contributed by atoms with Crippen LogP contribution < -0.4 is 0 Å². The number of allylic oxidation sites excluding steroid dienone is 2. The Balaban J connectivity index is 0.920. The topological polar surface area (TPSA) is 334 Å². The maximum atomic E-state index is 15.0. The van der Waals surface area contributed by atoms with Crippen LogP contribution in [0.2, 0.25) is 0 Å². The van der Waals surface area contributed by atoms with E-state index in [1.165, 1.54) is 5.57 Å². The van der Waals surface area contributed by atoms with Crippen molar-refractivity contribution in [2.75, 3.05) is 26.4 Å². The molecule has 5 aliphatic carbocycles. The van der Waals surface area contributed by atoms with E-state index in [9.17, 15) is 61.3 Å². The third kappa shape index (κ3) is 9.29. The van der Waals surface area contributed by atoms with Gasteiger partial charge in [0.2, 0.25) is 6.29 Å². The molecule has 0 unspecified atom stereocenters. The van der Waals surface area contributed by atoms with Gasteiger partial charge >= 0.3 is 5.97 Å². The van der Waals surface area contributed by atoms with Crippen molar-refractivity contribution in [1.82, 2.24) is 0 Å². The summed E-state index contributed by atoms with van der Waals surface area (Å²) in [6, 6.07) is 0. The van der Waals surface area contributed by atoms with Gasteiger partial charge in [0, 0.05) is 0 Å². The van der Waals surface area contributed by atoms with Crippen molar-refractivity contribution < 1.29 is 104 Å². The number of ether oxygens (including phenoxy) is 8. The van der Waals surface area contributed by atoms with Crippen LogP contribution in [0.5, 0.6) is 0 Å². The molecule has 12 N–H and O–H groups in total. The van der Waals surface area contributed by atoms with Gasteiger partial charge in [-0.25, -0.2) is 0 Å². The third-order valence-electron chi connectivity index (χ3n) is 20.6. The molecule has 0 amide bonds. The highest BCUT2D eigenvalue weighted by Crippen LogP contribution is 2.76.